The van der Waals surface area contributed by atoms with Gasteiger partial charge in [-0.3, -0.25) is 9.59 Å². The van der Waals surface area contributed by atoms with Crippen LogP contribution in [-0.4, -0.2) is 23.7 Å². The lowest BCUT2D eigenvalue weighted by Crippen LogP contribution is -2.48. The molecule has 0 N–H and O–H groups in total. The minimum absolute atomic E-state index is 0.0228. The van der Waals surface area contributed by atoms with Crippen molar-refractivity contribution in [2.45, 2.75) is 71.3 Å². The van der Waals surface area contributed by atoms with Crippen LogP contribution in [0.5, 0.6) is 0 Å². The number of ether oxygens (including phenoxy) is 1. The van der Waals surface area contributed by atoms with E-state index in [1.165, 1.54) is 24.8 Å². The van der Waals surface area contributed by atoms with E-state index in [2.05, 4.69) is 13.8 Å². The van der Waals surface area contributed by atoms with Crippen LogP contribution >= 0.6 is 11.6 Å². The molecule has 0 aromatic heterocycles. The van der Waals surface area contributed by atoms with Crippen molar-refractivity contribution in [3.8, 4) is 0 Å². The zero-order chi connectivity index (χ0) is 18.5. The van der Waals surface area contributed by atoms with E-state index in [0.717, 1.165) is 43.9 Å². The van der Waals surface area contributed by atoms with Gasteiger partial charge in [0.25, 0.3) is 0 Å². The lowest BCUT2D eigenvalue weighted by atomic mass is 9.52. The van der Waals surface area contributed by atoms with E-state index >= 15 is 0 Å². The van der Waals surface area contributed by atoms with Gasteiger partial charge in [-0.1, -0.05) is 19.4 Å². The van der Waals surface area contributed by atoms with Crippen molar-refractivity contribution in [3.05, 3.63) is 11.6 Å². The Kier molecular flexibility index (Phi) is 4.96. The summed E-state index contributed by atoms with van der Waals surface area (Å²) in [5.74, 6) is 3.18. The summed E-state index contributed by atoms with van der Waals surface area (Å²) >= 11 is 5.73. The highest BCUT2D eigenvalue weighted by Gasteiger charge is 2.60. The number of carbonyl (C=O) groups excluding carboxylic acids is 2. The smallest absolute Gasteiger partial charge is 0.321 e. The number of fused-ring (bicyclic) bond motifs is 5. The normalized spacial score (nSPS) is 44.6. The topological polar surface area (TPSA) is 43.4 Å². The van der Waals surface area contributed by atoms with Crippen LogP contribution in [0, 0.1) is 35.0 Å². The molecule has 4 aliphatic rings. The molecule has 0 saturated heterocycles. The third kappa shape index (κ3) is 2.85. The molecule has 0 aromatic rings. The van der Waals surface area contributed by atoms with Crippen molar-refractivity contribution >= 4 is 23.4 Å². The number of hydrogen-bond donors (Lipinski definition) is 0. The maximum Gasteiger partial charge on any atom is 0.321 e. The Labute approximate surface area is 161 Å². The van der Waals surface area contributed by atoms with Gasteiger partial charge in [-0.05, 0) is 80.6 Å². The summed E-state index contributed by atoms with van der Waals surface area (Å²) < 4.78 is 5.91. The molecule has 26 heavy (non-hydrogen) atoms. The maximum absolute atomic E-state index is 12.0. The molecular weight excluding hydrogens is 348 g/mol. The minimum Gasteiger partial charge on any atom is -0.461 e. The molecule has 3 fully saturated rings. The Balaban J connectivity index is 1.59. The fraction of sp³-hybridized carbons (Fsp3) is 0.818. The molecule has 144 valence electrons. The monoisotopic (exact) mass is 378 g/mol. The molecule has 3 nitrogen and oxygen atoms in total. The largest absolute Gasteiger partial charge is 0.461 e. The highest BCUT2D eigenvalue weighted by molar-refractivity contribution is 6.26. The lowest BCUT2D eigenvalue weighted by Gasteiger charge is -2.53. The number of ketones is 1. The maximum atomic E-state index is 12.0. The summed E-state index contributed by atoms with van der Waals surface area (Å²) in [6, 6.07) is 0. The van der Waals surface area contributed by atoms with E-state index in [1.54, 1.807) is 0 Å². The zero-order valence-electron chi connectivity index (χ0n) is 16.0. The Morgan fingerprint density at radius 2 is 2.08 bits per heavy atom. The summed E-state index contributed by atoms with van der Waals surface area (Å²) in [7, 11) is 0. The first-order valence-electron chi connectivity index (χ1n) is 10.5. The summed E-state index contributed by atoms with van der Waals surface area (Å²) in [5, 5.41) is 0. The van der Waals surface area contributed by atoms with Crippen LogP contribution in [0.4, 0.5) is 0 Å². The summed E-state index contributed by atoms with van der Waals surface area (Å²) in [4.78, 5) is 23.8. The van der Waals surface area contributed by atoms with Gasteiger partial charge in [-0.15, -0.1) is 11.6 Å². The summed E-state index contributed by atoms with van der Waals surface area (Å²) in [5.41, 5.74) is 1.52. The number of carbonyl (C=O) groups is 2. The second-order valence-corrected chi connectivity index (χ2v) is 9.56. The average Bonchev–Trinajstić information content (AvgIpc) is 2.93. The van der Waals surface area contributed by atoms with Crippen molar-refractivity contribution < 1.29 is 14.3 Å². The molecule has 4 rings (SSSR count). The minimum atomic E-state index is -0.265. The van der Waals surface area contributed by atoms with Crippen LogP contribution in [0.15, 0.2) is 11.6 Å². The van der Waals surface area contributed by atoms with E-state index in [0.29, 0.717) is 23.5 Å². The van der Waals surface area contributed by atoms with E-state index in [-0.39, 0.29) is 23.4 Å². The second-order valence-electron chi connectivity index (χ2n) is 9.30. The van der Waals surface area contributed by atoms with Crippen LogP contribution in [-0.2, 0) is 14.3 Å². The molecule has 0 aliphatic heterocycles. The number of alkyl halides is 1. The Hall–Kier alpha value is -0.830. The summed E-state index contributed by atoms with van der Waals surface area (Å²) in [6.45, 7) is 4.59. The van der Waals surface area contributed by atoms with Gasteiger partial charge in [0.15, 0.2) is 5.78 Å². The molecule has 0 heterocycles. The van der Waals surface area contributed by atoms with Crippen LogP contribution < -0.4 is 0 Å². The Morgan fingerprint density at radius 3 is 2.81 bits per heavy atom. The fourth-order valence-electron chi connectivity index (χ4n) is 7.10. The van der Waals surface area contributed by atoms with Crippen molar-refractivity contribution in [1.29, 1.82) is 0 Å². The number of halogens is 1. The third-order valence-corrected chi connectivity index (χ3v) is 8.48. The van der Waals surface area contributed by atoms with Crippen LogP contribution in [0.25, 0.3) is 0 Å². The first-order chi connectivity index (χ1) is 12.5. The first-order valence-corrected chi connectivity index (χ1v) is 11.0. The van der Waals surface area contributed by atoms with Gasteiger partial charge < -0.3 is 4.74 Å². The van der Waals surface area contributed by atoms with E-state index in [9.17, 15) is 9.59 Å². The van der Waals surface area contributed by atoms with Crippen LogP contribution in [0.1, 0.15) is 65.2 Å². The highest BCUT2D eigenvalue weighted by Crippen LogP contribution is 2.64. The predicted octanol–water partition coefficient (Wildman–Crippen LogP) is 4.91. The van der Waals surface area contributed by atoms with Crippen LogP contribution in [0.3, 0.4) is 0 Å². The standard InChI is InChI=1S/C22H31ClO3/c1-3-13-11-19-18-6-4-14-10-15(24)5-7-16(14)17(18)8-9-22(19,2)21(13)26-20(25)12-23/h10,13,16-19,21H,3-9,11-12H2,1-2H3/t13-,16-,17+,18+,19-,21-,22-/m0/s1. The molecule has 3 saturated carbocycles. The number of hydrogen-bond acceptors (Lipinski definition) is 3. The number of rotatable bonds is 3. The van der Waals surface area contributed by atoms with Crippen LogP contribution in [0.2, 0.25) is 0 Å². The molecule has 0 unspecified atom stereocenters. The van der Waals surface area contributed by atoms with Crippen molar-refractivity contribution in [2.75, 3.05) is 5.88 Å². The molecule has 4 heteroatoms. The molecule has 0 spiro atoms. The van der Waals surface area contributed by atoms with E-state index in [1.807, 2.05) is 6.08 Å². The molecule has 0 amide bonds. The van der Waals surface area contributed by atoms with Gasteiger partial charge in [-0.25, -0.2) is 0 Å². The average molecular weight is 379 g/mol. The molecular formula is C22H31ClO3. The molecule has 7 atom stereocenters. The van der Waals surface area contributed by atoms with Crippen molar-refractivity contribution in [3.63, 3.8) is 0 Å². The predicted molar refractivity (Wildman–Crippen MR) is 102 cm³/mol. The second kappa shape index (κ2) is 6.96. The van der Waals surface area contributed by atoms with Gasteiger partial charge in [0.1, 0.15) is 12.0 Å². The van der Waals surface area contributed by atoms with E-state index in [4.69, 9.17) is 16.3 Å². The Morgan fingerprint density at radius 1 is 1.27 bits per heavy atom. The molecule has 4 aliphatic carbocycles. The van der Waals surface area contributed by atoms with Gasteiger partial charge in [0.2, 0.25) is 0 Å². The quantitative estimate of drug-likeness (QED) is 0.517. The van der Waals surface area contributed by atoms with E-state index < -0.39 is 0 Å². The third-order valence-electron chi connectivity index (χ3n) is 8.26. The highest BCUT2D eigenvalue weighted by atomic mass is 35.5. The van der Waals surface area contributed by atoms with Gasteiger partial charge in [-0.2, -0.15) is 0 Å². The lowest BCUT2D eigenvalue weighted by molar-refractivity contribution is -0.158. The fourth-order valence-corrected chi connectivity index (χ4v) is 7.16. The van der Waals surface area contributed by atoms with Crippen molar-refractivity contribution in [2.24, 2.45) is 35.0 Å². The number of allylic oxidation sites excluding steroid dienone is 1. The van der Waals surface area contributed by atoms with Gasteiger partial charge in [0, 0.05) is 11.8 Å². The zero-order valence-corrected chi connectivity index (χ0v) is 16.8. The first kappa shape index (κ1) is 18.5. The summed E-state index contributed by atoms with van der Waals surface area (Å²) in [6.07, 6.45) is 10.6. The van der Waals surface area contributed by atoms with Crippen molar-refractivity contribution in [1.82, 2.24) is 0 Å². The van der Waals surface area contributed by atoms with Gasteiger partial charge in [0.05, 0.1) is 0 Å². The SMILES string of the molecule is CC[C@H]1C[C@H]2[C@@H]3CCC4=CC(=O)CC[C@@H]4[C@H]3CC[C@]2(C)[C@H]1OC(=O)CCl. The van der Waals surface area contributed by atoms with Gasteiger partial charge >= 0.3 is 5.97 Å². The number of esters is 1. The molecule has 0 aromatic carbocycles. The Bertz CT molecular complexity index is 627. The molecule has 0 bridgehead atoms. The molecule has 0 radical (unpaired) electrons.